The van der Waals surface area contributed by atoms with E-state index in [1.165, 1.54) is 42.5 Å². The van der Waals surface area contributed by atoms with Crippen LogP contribution in [0.25, 0.3) is 6.08 Å². The third-order valence-electron chi connectivity index (χ3n) is 4.95. The summed E-state index contributed by atoms with van der Waals surface area (Å²) >= 11 is 0. The molecule has 3 aromatic rings. The molecule has 0 atom stereocenters. The van der Waals surface area contributed by atoms with Gasteiger partial charge in [-0.05, 0) is 66.4 Å². The molecular formula is C26H23FN2O3. The lowest BCUT2D eigenvalue weighted by molar-refractivity contribution is -0.112. The average Bonchev–Trinajstić information content (AvgIpc) is 2.80. The normalized spacial score (nSPS) is 10.9. The van der Waals surface area contributed by atoms with Crippen LogP contribution in [0.4, 0.5) is 10.1 Å². The van der Waals surface area contributed by atoms with Crippen molar-refractivity contribution in [3.05, 3.63) is 94.3 Å². The second-order valence-corrected chi connectivity index (χ2v) is 7.22. The molecule has 0 aliphatic rings. The zero-order chi connectivity index (χ0) is 23.1. The van der Waals surface area contributed by atoms with Gasteiger partial charge in [0.2, 0.25) is 0 Å². The summed E-state index contributed by atoms with van der Waals surface area (Å²) in [5.74, 6) is -0.275. The van der Waals surface area contributed by atoms with Crippen molar-refractivity contribution in [3.63, 3.8) is 0 Å². The van der Waals surface area contributed by atoms with Crippen LogP contribution in [-0.4, -0.2) is 13.0 Å². The third-order valence-corrected chi connectivity index (χ3v) is 4.95. The molecule has 0 spiro atoms. The van der Waals surface area contributed by atoms with Crippen molar-refractivity contribution < 1.29 is 18.7 Å². The summed E-state index contributed by atoms with van der Waals surface area (Å²) in [6, 6.07) is 18.9. The molecule has 1 N–H and O–H groups in total. The fraction of sp³-hybridized carbons (Fsp3) is 0.154. The number of amides is 1. The molecule has 0 fully saturated rings. The van der Waals surface area contributed by atoms with Crippen molar-refractivity contribution in [1.82, 2.24) is 0 Å². The minimum absolute atomic E-state index is 0.00585. The number of methoxy groups -OCH3 is 1. The maximum Gasteiger partial charge on any atom is 0.266 e. The topological polar surface area (TPSA) is 71.3 Å². The maximum atomic E-state index is 13.8. The standard InChI is InChI=1S/C26H23FN2O3/c1-17-8-9-20(12-18(17)2)16-32-24-11-10-19(14-25(24)31-3)13-21(15-28)26(30)29-23-7-5-4-6-22(23)27/h4-14H,16H2,1-3H3,(H,29,30)/b21-13+. The molecular weight excluding hydrogens is 407 g/mol. The summed E-state index contributed by atoms with van der Waals surface area (Å²) in [5, 5.41) is 11.8. The van der Waals surface area contributed by atoms with Crippen LogP contribution >= 0.6 is 0 Å². The van der Waals surface area contributed by atoms with E-state index in [1.54, 1.807) is 24.3 Å². The lowest BCUT2D eigenvalue weighted by atomic mass is 10.1. The summed E-state index contributed by atoms with van der Waals surface area (Å²) in [4.78, 5) is 12.4. The quantitative estimate of drug-likeness (QED) is 0.393. The third kappa shape index (κ3) is 5.52. The number of hydrogen-bond acceptors (Lipinski definition) is 4. The van der Waals surface area contributed by atoms with Crippen LogP contribution in [0.1, 0.15) is 22.3 Å². The van der Waals surface area contributed by atoms with Crippen molar-refractivity contribution in [2.75, 3.05) is 12.4 Å². The van der Waals surface area contributed by atoms with Gasteiger partial charge in [0.05, 0.1) is 12.8 Å². The number of nitrogens with one attached hydrogen (secondary N) is 1. The van der Waals surface area contributed by atoms with Gasteiger partial charge in [0.25, 0.3) is 5.91 Å². The van der Waals surface area contributed by atoms with Crippen LogP contribution in [0.2, 0.25) is 0 Å². The molecule has 1 amide bonds. The van der Waals surface area contributed by atoms with Gasteiger partial charge in [0.15, 0.2) is 11.5 Å². The highest BCUT2D eigenvalue weighted by molar-refractivity contribution is 6.09. The van der Waals surface area contributed by atoms with Gasteiger partial charge >= 0.3 is 0 Å². The second kappa shape index (κ2) is 10.3. The Hall–Kier alpha value is -4.11. The van der Waals surface area contributed by atoms with Crippen molar-refractivity contribution >= 4 is 17.7 Å². The van der Waals surface area contributed by atoms with Crippen LogP contribution < -0.4 is 14.8 Å². The van der Waals surface area contributed by atoms with Gasteiger partial charge in [-0.3, -0.25) is 4.79 Å². The van der Waals surface area contributed by atoms with Crippen LogP contribution in [0.5, 0.6) is 11.5 Å². The molecule has 32 heavy (non-hydrogen) atoms. The molecule has 0 heterocycles. The molecule has 0 aliphatic heterocycles. The number of nitriles is 1. The van der Waals surface area contributed by atoms with Crippen LogP contribution in [0.15, 0.2) is 66.2 Å². The molecule has 0 aliphatic carbocycles. The lowest BCUT2D eigenvalue weighted by Gasteiger charge is -2.12. The summed E-state index contributed by atoms with van der Waals surface area (Å²) in [7, 11) is 1.52. The van der Waals surface area contributed by atoms with Gasteiger partial charge in [-0.25, -0.2) is 4.39 Å². The first-order chi connectivity index (χ1) is 15.4. The Bertz CT molecular complexity index is 1210. The molecule has 3 aromatic carbocycles. The Balaban J connectivity index is 1.76. The van der Waals surface area contributed by atoms with Crippen LogP contribution in [0.3, 0.4) is 0 Å². The zero-order valence-corrected chi connectivity index (χ0v) is 18.1. The summed E-state index contributed by atoms with van der Waals surface area (Å²) in [6.07, 6.45) is 1.41. The summed E-state index contributed by atoms with van der Waals surface area (Å²) in [5.41, 5.74) is 3.85. The Labute approximate surface area is 186 Å². The number of aryl methyl sites for hydroxylation is 2. The molecule has 0 radical (unpaired) electrons. The van der Waals surface area contributed by atoms with E-state index in [0.29, 0.717) is 23.7 Å². The van der Waals surface area contributed by atoms with Crippen LogP contribution in [0, 0.1) is 31.0 Å². The molecule has 0 unspecified atom stereocenters. The SMILES string of the molecule is COc1cc(/C=C(\C#N)C(=O)Nc2ccccc2F)ccc1OCc1ccc(C)c(C)c1. The molecule has 162 valence electrons. The summed E-state index contributed by atoms with van der Waals surface area (Å²) in [6.45, 7) is 4.48. The average molecular weight is 430 g/mol. The molecule has 0 saturated carbocycles. The lowest BCUT2D eigenvalue weighted by Crippen LogP contribution is -2.14. The van der Waals surface area contributed by atoms with Crippen molar-refractivity contribution in [2.45, 2.75) is 20.5 Å². The highest BCUT2D eigenvalue weighted by Crippen LogP contribution is 2.30. The number of benzene rings is 3. The van der Waals surface area contributed by atoms with Crippen molar-refractivity contribution in [2.24, 2.45) is 0 Å². The predicted molar refractivity (Wildman–Crippen MR) is 122 cm³/mol. The molecule has 0 saturated heterocycles. The Morgan fingerprint density at radius 3 is 2.53 bits per heavy atom. The van der Waals surface area contributed by atoms with Gasteiger partial charge in [-0.2, -0.15) is 5.26 Å². The van der Waals surface area contributed by atoms with Gasteiger partial charge in [-0.15, -0.1) is 0 Å². The van der Waals surface area contributed by atoms with E-state index in [2.05, 4.69) is 31.3 Å². The molecule has 6 heteroatoms. The van der Waals surface area contributed by atoms with Crippen molar-refractivity contribution in [1.29, 1.82) is 5.26 Å². The number of nitrogens with zero attached hydrogens (tertiary/aromatic N) is 1. The molecule has 0 aromatic heterocycles. The first-order valence-electron chi connectivity index (χ1n) is 9.96. The maximum absolute atomic E-state index is 13.8. The number of anilines is 1. The number of rotatable bonds is 7. The molecule has 3 rings (SSSR count). The van der Waals surface area contributed by atoms with Gasteiger partial charge in [0.1, 0.15) is 24.1 Å². The van der Waals surface area contributed by atoms with Gasteiger partial charge in [-0.1, -0.05) is 36.4 Å². The van der Waals surface area contributed by atoms with E-state index in [0.717, 1.165) is 5.56 Å². The second-order valence-electron chi connectivity index (χ2n) is 7.22. The van der Waals surface area contributed by atoms with Gasteiger partial charge in [0, 0.05) is 0 Å². The van der Waals surface area contributed by atoms with E-state index >= 15 is 0 Å². The number of carbonyl (C=O) groups excluding carboxylic acids is 1. The van der Waals surface area contributed by atoms with E-state index in [4.69, 9.17) is 9.47 Å². The minimum Gasteiger partial charge on any atom is -0.493 e. The Morgan fingerprint density at radius 2 is 1.84 bits per heavy atom. The number of para-hydroxylation sites is 1. The largest absolute Gasteiger partial charge is 0.493 e. The van der Waals surface area contributed by atoms with E-state index < -0.39 is 11.7 Å². The molecule has 5 nitrogen and oxygen atoms in total. The van der Waals surface area contributed by atoms with Crippen LogP contribution in [-0.2, 0) is 11.4 Å². The first-order valence-corrected chi connectivity index (χ1v) is 9.96. The first kappa shape index (κ1) is 22.6. The monoisotopic (exact) mass is 430 g/mol. The fourth-order valence-electron chi connectivity index (χ4n) is 3.02. The number of hydrogen-bond donors (Lipinski definition) is 1. The van der Waals surface area contributed by atoms with E-state index in [9.17, 15) is 14.4 Å². The summed E-state index contributed by atoms with van der Waals surface area (Å²) < 4.78 is 25.1. The van der Waals surface area contributed by atoms with Gasteiger partial charge < -0.3 is 14.8 Å². The Kier molecular flexibility index (Phi) is 7.25. The number of ether oxygens (including phenoxy) is 2. The van der Waals surface area contributed by atoms with E-state index in [1.807, 2.05) is 12.1 Å². The zero-order valence-electron chi connectivity index (χ0n) is 18.1. The van der Waals surface area contributed by atoms with Crippen molar-refractivity contribution in [3.8, 4) is 17.6 Å². The number of carbonyl (C=O) groups is 1. The Morgan fingerprint density at radius 1 is 1.06 bits per heavy atom. The number of halogens is 1. The fourth-order valence-corrected chi connectivity index (χ4v) is 3.02. The predicted octanol–water partition coefficient (Wildman–Crippen LogP) is 5.58. The highest BCUT2D eigenvalue weighted by atomic mass is 19.1. The highest BCUT2D eigenvalue weighted by Gasteiger charge is 2.13. The van der Waals surface area contributed by atoms with E-state index in [-0.39, 0.29) is 11.3 Å². The smallest absolute Gasteiger partial charge is 0.266 e. The molecule has 0 bridgehead atoms. The minimum atomic E-state index is -0.702.